The fourth-order valence-electron chi connectivity index (χ4n) is 2.82. The Bertz CT molecular complexity index is 693. The average molecular weight is 345 g/mol. The molecule has 2 aliphatic rings. The lowest BCUT2D eigenvalue weighted by molar-refractivity contribution is -0.148. The first kappa shape index (κ1) is 17.3. The molecular weight excluding hydrogens is 322 g/mol. The summed E-state index contributed by atoms with van der Waals surface area (Å²) < 4.78 is 16.2. The molecule has 0 radical (unpaired) electrons. The van der Waals surface area contributed by atoms with Crippen molar-refractivity contribution in [1.29, 1.82) is 0 Å². The number of carbonyl (C=O) groups is 2. The molecule has 1 aliphatic carbocycles. The number of benzene rings is 1. The second kappa shape index (κ2) is 7.59. The Balaban J connectivity index is 1.78. The van der Waals surface area contributed by atoms with Gasteiger partial charge in [-0.25, -0.2) is 0 Å². The molecule has 0 saturated heterocycles. The Kier molecular flexibility index (Phi) is 5.26. The van der Waals surface area contributed by atoms with E-state index < -0.39 is 0 Å². The molecule has 1 fully saturated rings. The van der Waals surface area contributed by atoms with E-state index in [9.17, 15) is 9.59 Å². The maximum absolute atomic E-state index is 12.9. The van der Waals surface area contributed by atoms with Crippen LogP contribution in [0.4, 0.5) is 0 Å². The van der Waals surface area contributed by atoms with Crippen LogP contribution in [-0.2, 0) is 14.3 Å². The molecule has 0 bridgehead atoms. The van der Waals surface area contributed by atoms with E-state index in [1.54, 1.807) is 11.8 Å². The third-order valence-corrected chi connectivity index (χ3v) is 4.13. The monoisotopic (exact) mass is 345 g/mol. The number of fused-ring (bicyclic) bond motifs is 1. The number of nitrogens with zero attached hydrogens (tertiary/aromatic N) is 1. The molecule has 134 valence electrons. The van der Waals surface area contributed by atoms with Gasteiger partial charge in [-0.05, 0) is 51.0 Å². The maximum Gasteiger partial charge on any atom is 0.325 e. The van der Waals surface area contributed by atoms with E-state index in [2.05, 4.69) is 0 Å². The minimum Gasteiger partial charge on any atom is -0.494 e. The normalized spacial score (nSPS) is 15.5. The van der Waals surface area contributed by atoms with Crippen LogP contribution in [0, 0.1) is 0 Å². The Hall–Kier alpha value is -2.50. The molecule has 25 heavy (non-hydrogen) atoms. The first-order valence-electron chi connectivity index (χ1n) is 8.69. The molecule has 1 saturated carbocycles. The summed E-state index contributed by atoms with van der Waals surface area (Å²) >= 11 is 0. The summed E-state index contributed by atoms with van der Waals surface area (Å²) in [6, 6.07) is 5.67. The molecule has 0 N–H and O–H groups in total. The molecule has 0 unspecified atom stereocenters. The third kappa shape index (κ3) is 4.13. The van der Waals surface area contributed by atoms with Gasteiger partial charge in [-0.15, -0.1) is 0 Å². The van der Waals surface area contributed by atoms with Gasteiger partial charge in [0.05, 0.1) is 18.8 Å². The number of hydrogen-bond donors (Lipinski definition) is 0. The van der Waals surface area contributed by atoms with E-state index in [0.717, 1.165) is 29.9 Å². The Labute approximate surface area is 147 Å². The van der Waals surface area contributed by atoms with Crippen LogP contribution in [-0.4, -0.2) is 49.2 Å². The van der Waals surface area contributed by atoms with Crippen molar-refractivity contribution in [1.82, 2.24) is 4.90 Å². The number of hydrogen-bond acceptors (Lipinski definition) is 5. The average Bonchev–Trinajstić information content (AvgIpc) is 3.44. The molecule has 6 heteroatoms. The molecule has 6 nitrogen and oxygen atoms in total. The lowest BCUT2D eigenvalue weighted by Gasteiger charge is -2.25. The highest BCUT2D eigenvalue weighted by Crippen LogP contribution is 2.33. The summed E-state index contributed by atoms with van der Waals surface area (Å²) in [7, 11) is 0. The summed E-state index contributed by atoms with van der Waals surface area (Å²) in [4.78, 5) is 26.3. The van der Waals surface area contributed by atoms with Crippen LogP contribution >= 0.6 is 0 Å². The molecule has 1 aromatic rings. The van der Waals surface area contributed by atoms with E-state index in [1.165, 1.54) is 0 Å². The zero-order chi connectivity index (χ0) is 17.8. The molecule has 1 amide bonds. The summed E-state index contributed by atoms with van der Waals surface area (Å²) in [6.45, 7) is 4.75. The van der Waals surface area contributed by atoms with Crippen LogP contribution in [0.25, 0.3) is 6.08 Å². The van der Waals surface area contributed by atoms with Gasteiger partial charge in [0.1, 0.15) is 24.7 Å². The van der Waals surface area contributed by atoms with E-state index in [-0.39, 0.29) is 31.1 Å². The van der Waals surface area contributed by atoms with Crippen molar-refractivity contribution in [2.45, 2.75) is 32.7 Å². The topological polar surface area (TPSA) is 65.1 Å². The molecule has 1 aliphatic heterocycles. The van der Waals surface area contributed by atoms with Crippen LogP contribution < -0.4 is 9.47 Å². The molecule has 0 spiro atoms. The molecule has 1 aromatic carbocycles. The molecular formula is C19H23NO5. The van der Waals surface area contributed by atoms with E-state index in [1.807, 2.05) is 31.2 Å². The van der Waals surface area contributed by atoms with Crippen molar-refractivity contribution >= 4 is 18.0 Å². The third-order valence-electron chi connectivity index (χ3n) is 4.13. The number of rotatable bonds is 7. The zero-order valence-corrected chi connectivity index (χ0v) is 14.6. The first-order chi connectivity index (χ1) is 12.1. The second-order valence-corrected chi connectivity index (χ2v) is 6.06. The predicted molar refractivity (Wildman–Crippen MR) is 92.5 cm³/mol. The Morgan fingerprint density at radius 1 is 1.24 bits per heavy atom. The molecule has 0 aromatic heterocycles. The van der Waals surface area contributed by atoms with Crippen LogP contribution in [0.3, 0.4) is 0 Å². The quantitative estimate of drug-likeness (QED) is 0.710. The van der Waals surface area contributed by atoms with Gasteiger partial charge in [-0.1, -0.05) is 0 Å². The van der Waals surface area contributed by atoms with E-state index >= 15 is 0 Å². The Morgan fingerprint density at radius 2 is 2.04 bits per heavy atom. The number of ether oxygens (including phenoxy) is 3. The number of esters is 1. The van der Waals surface area contributed by atoms with Gasteiger partial charge < -0.3 is 19.1 Å². The van der Waals surface area contributed by atoms with Crippen LogP contribution in [0.1, 0.15) is 32.3 Å². The first-order valence-corrected chi connectivity index (χ1v) is 8.69. The molecule has 3 rings (SSSR count). The van der Waals surface area contributed by atoms with Crippen LogP contribution in [0.5, 0.6) is 11.5 Å². The largest absolute Gasteiger partial charge is 0.494 e. The summed E-state index contributed by atoms with van der Waals surface area (Å²) in [5, 5.41) is 0. The maximum atomic E-state index is 12.9. The predicted octanol–water partition coefficient (Wildman–Crippen LogP) is 2.42. The highest BCUT2D eigenvalue weighted by molar-refractivity contribution is 6.00. The fraction of sp³-hybridized carbons (Fsp3) is 0.474. The lowest BCUT2D eigenvalue weighted by atomic mass is 10.1. The zero-order valence-electron chi connectivity index (χ0n) is 14.6. The Morgan fingerprint density at radius 3 is 2.72 bits per heavy atom. The van der Waals surface area contributed by atoms with Gasteiger partial charge in [0.15, 0.2) is 0 Å². The summed E-state index contributed by atoms with van der Waals surface area (Å²) in [5.41, 5.74) is 1.35. The second-order valence-electron chi connectivity index (χ2n) is 6.06. The van der Waals surface area contributed by atoms with Gasteiger partial charge in [0.2, 0.25) is 0 Å². The SMILES string of the molecule is CCOC(=O)CN(C(=O)C1=Cc2cc(OCC)ccc2OC1)C1CC1. The van der Waals surface area contributed by atoms with Crippen molar-refractivity contribution in [2.75, 3.05) is 26.4 Å². The number of amides is 1. The lowest BCUT2D eigenvalue weighted by Crippen LogP contribution is -2.40. The van der Waals surface area contributed by atoms with Crippen molar-refractivity contribution in [3.8, 4) is 11.5 Å². The van der Waals surface area contributed by atoms with E-state index in [0.29, 0.717) is 18.8 Å². The van der Waals surface area contributed by atoms with Gasteiger partial charge >= 0.3 is 5.97 Å². The minimum absolute atomic E-state index is 0.0134. The highest BCUT2D eigenvalue weighted by atomic mass is 16.5. The molecule has 1 heterocycles. The fourth-order valence-corrected chi connectivity index (χ4v) is 2.82. The van der Waals surface area contributed by atoms with Crippen LogP contribution in [0.2, 0.25) is 0 Å². The highest BCUT2D eigenvalue weighted by Gasteiger charge is 2.36. The van der Waals surface area contributed by atoms with E-state index in [4.69, 9.17) is 14.2 Å². The van der Waals surface area contributed by atoms with Crippen molar-refractivity contribution < 1.29 is 23.8 Å². The minimum atomic E-state index is -0.376. The van der Waals surface area contributed by atoms with Gasteiger partial charge in [-0.2, -0.15) is 0 Å². The van der Waals surface area contributed by atoms with Crippen molar-refractivity contribution in [3.05, 3.63) is 29.3 Å². The van der Waals surface area contributed by atoms with Gasteiger partial charge in [0, 0.05) is 11.6 Å². The smallest absolute Gasteiger partial charge is 0.325 e. The van der Waals surface area contributed by atoms with Gasteiger partial charge in [0.25, 0.3) is 5.91 Å². The van der Waals surface area contributed by atoms with Crippen LogP contribution in [0.15, 0.2) is 23.8 Å². The van der Waals surface area contributed by atoms with Gasteiger partial charge in [-0.3, -0.25) is 9.59 Å². The number of carbonyl (C=O) groups excluding carboxylic acids is 2. The molecule has 0 atom stereocenters. The standard InChI is InChI=1S/C19H23NO5/c1-3-23-16-7-8-17-13(10-16)9-14(12-25-17)19(22)20(15-5-6-15)11-18(21)24-4-2/h7-10,15H,3-6,11-12H2,1-2H3. The summed E-state index contributed by atoms with van der Waals surface area (Å²) in [5.74, 6) is 0.922. The summed E-state index contributed by atoms with van der Waals surface area (Å²) in [6.07, 6.45) is 3.67. The van der Waals surface area contributed by atoms with Crippen molar-refractivity contribution in [3.63, 3.8) is 0 Å². The van der Waals surface area contributed by atoms with Crippen molar-refractivity contribution in [2.24, 2.45) is 0 Å².